The van der Waals surface area contributed by atoms with E-state index in [0.29, 0.717) is 36.0 Å². The molecule has 4 rings (SSSR count). The molecule has 0 spiro atoms. The van der Waals surface area contributed by atoms with Crippen LogP contribution < -0.4 is 9.47 Å². The zero-order chi connectivity index (χ0) is 28.8. The van der Waals surface area contributed by atoms with Crippen molar-refractivity contribution >= 4 is 23.0 Å². The van der Waals surface area contributed by atoms with Gasteiger partial charge in [-0.3, -0.25) is 0 Å². The summed E-state index contributed by atoms with van der Waals surface area (Å²) in [6.45, 7) is 16.2. The number of oxime groups is 1. The molecule has 206 valence electrons. The zero-order valence-corrected chi connectivity index (χ0v) is 23.8. The van der Waals surface area contributed by atoms with Crippen molar-refractivity contribution in [2.45, 2.75) is 34.1 Å². The first-order valence-electron chi connectivity index (χ1n) is 13.0. The van der Waals surface area contributed by atoms with Crippen LogP contribution in [-0.4, -0.2) is 32.5 Å². The molecule has 3 aromatic carbocycles. The number of hydrogen-bond donors (Lipinski definition) is 0. The summed E-state index contributed by atoms with van der Waals surface area (Å²) in [6.07, 6.45) is 0.369. The first kappa shape index (κ1) is 30.9. The number of ether oxygens (including phenoxy) is 3. The highest BCUT2D eigenvalue weighted by atomic mass is 16.7. The highest BCUT2D eigenvalue weighted by Gasteiger charge is 2.34. The summed E-state index contributed by atoms with van der Waals surface area (Å²) >= 11 is 0. The molecule has 0 N–H and O–H groups in total. The van der Waals surface area contributed by atoms with Crippen molar-refractivity contribution in [3.8, 4) is 11.5 Å². The van der Waals surface area contributed by atoms with E-state index in [4.69, 9.17) is 19.0 Å². The molecular weight excluding hydrogens is 490 g/mol. The molecule has 3 aromatic rings. The third-order valence-corrected chi connectivity index (χ3v) is 5.84. The van der Waals surface area contributed by atoms with Crippen LogP contribution in [0.15, 0.2) is 91.1 Å². The summed E-state index contributed by atoms with van der Waals surface area (Å²) < 4.78 is 16.4. The maximum atomic E-state index is 12.4. The van der Waals surface area contributed by atoms with Gasteiger partial charge in [-0.1, -0.05) is 98.4 Å². The summed E-state index contributed by atoms with van der Waals surface area (Å²) in [6, 6.07) is 23.3. The second kappa shape index (κ2) is 15.8. The molecule has 0 bridgehead atoms. The smallest absolute Gasteiger partial charge is 0.344 e. The summed E-state index contributed by atoms with van der Waals surface area (Å²) in [5, 5.41) is 4.01. The molecule has 0 radical (unpaired) electrons. The van der Waals surface area contributed by atoms with Crippen LogP contribution in [0.3, 0.4) is 0 Å². The first-order valence-corrected chi connectivity index (χ1v) is 13.0. The minimum absolute atomic E-state index is 0.369. The van der Waals surface area contributed by atoms with E-state index >= 15 is 0 Å². The van der Waals surface area contributed by atoms with Crippen LogP contribution in [0.2, 0.25) is 0 Å². The number of allylic oxidation sites excluding steroid dienone is 1. The SMILES string of the molecule is C=C(C)c1ccccc1.C=C(OCC)c1cc(OC)c(OC)cc1CC1C(=O)ON=C1c1ccccc1.CC. The second-order valence-electron chi connectivity index (χ2n) is 8.38. The van der Waals surface area contributed by atoms with Gasteiger partial charge in [-0.25, -0.2) is 4.79 Å². The Hall–Kier alpha value is -4.32. The maximum Gasteiger partial charge on any atom is 0.344 e. The third kappa shape index (κ3) is 8.34. The third-order valence-electron chi connectivity index (χ3n) is 5.84. The van der Waals surface area contributed by atoms with Gasteiger partial charge in [0.2, 0.25) is 0 Å². The van der Waals surface area contributed by atoms with Crippen molar-refractivity contribution in [1.29, 1.82) is 0 Å². The number of hydrogen-bond acceptors (Lipinski definition) is 6. The Labute approximate surface area is 232 Å². The zero-order valence-electron chi connectivity index (χ0n) is 23.8. The van der Waals surface area contributed by atoms with Gasteiger partial charge in [0.05, 0.1) is 20.8 Å². The topological polar surface area (TPSA) is 66.4 Å². The fourth-order valence-corrected chi connectivity index (χ4v) is 3.92. The van der Waals surface area contributed by atoms with Crippen LogP contribution in [0.1, 0.15) is 49.9 Å². The molecule has 0 fully saturated rings. The molecule has 1 heterocycles. The molecule has 6 nitrogen and oxygen atoms in total. The Morgan fingerprint density at radius 1 is 0.923 bits per heavy atom. The highest BCUT2D eigenvalue weighted by molar-refractivity contribution is 6.14. The van der Waals surface area contributed by atoms with Gasteiger partial charge < -0.3 is 19.0 Å². The van der Waals surface area contributed by atoms with Crippen LogP contribution in [0, 0.1) is 5.92 Å². The van der Waals surface area contributed by atoms with E-state index in [0.717, 1.165) is 22.3 Å². The van der Waals surface area contributed by atoms with E-state index in [1.807, 2.05) is 88.4 Å². The number of carbonyl (C=O) groups excluding carboxylic acids is 1. The van der Waals surface area contributed by atoms with Gasteiger partial charge in [-0.15, -0.1) is 0 Å². The Morgan fingerprint density at radius 2 is 1.49 bits per heavy atom. The molecule has 0 amide bonds. The normalized spacial score (nSPS) is 13.4. The second-order valence-corrected chi connectivity index (χ2v) is 8.38. The number of nitrogens with zero attached hydrogens (tertiary/aromatic N) is 1. The van der Waals surface area contributed by atoms with Gasteiger partial charge in [0.15, 0.2) is 11.5 Å². The summed E-state index contributed by atoms with van der Waals surface area (Å²) in [5.74, 6) is 0.710. The lowest BCUT2D eigenvalue weighted by atomic mass is 9.88. The molecule has 1 atom stereocenters. The molecule has 1 aliphatic rings. The molecule has 0 saturated carbocycles. The average Bonchev–Trinajstić information content (AvgIpc) is 3.34. The van der Waals surface area contributed by atoms with Crippen molar-refractivity contribution < 1.29 is 23.8 Å². The van der Waals surface area contributed by atoms with Crippen LogP contribution in [0.25, 0.3) is 11.3 Å². The monoisotopic (exact) mass is 529 g/mol. The average molecular weight is 530 g/mol. The van der Waals surface area contributed by atoms with Crippen LogP contribution in [-0.2, 0) is 20.8 Å². The van der Waals surface area contributed by atoms with E-state index in [1.165, 1.54) is 5.56 Å². The van der Waals surface area contributed by atoms with Crippen molar-refractivity contribution in [2.75, 3.05) is 20.8 Å². The van der Waals surface area contributed by atoms with E-state index in [2.05, 4.69) is 30.4 Å². The quantitative estimate of drug-likeness (QED) is 0.211. The van der Waals surface area contributed by atoms with E-state index in [9.17, 15) is 4.79 Å². The summed E-state index contributed by atoms with van der Waals surface area (Å²) in [7, 11) is 3.14. The molecule has 39 heavy (non-hydrogen) atoms. The summed E-state index contributed by atoms with van der Waals surface area (Å²) in [5.41, 5.74) is 5.39. The molecule has 1 aliphatic heterocycles. The van der Waals surface area contributed by atoms with E-state index in [-0.39, 0.29) is 5.97 Å². The molecule has 0 saturated heterocycles. The Bertz CT molecular complexity index is 1270. The molecule has 6 heteroatoms. The number of rotatable bonds is 9. The lowest BCUT2D eigenvalue weighted by Crippen LogP contribution is -2.22. The van der Waals surface area contributed by atoms with Gasteiger partial charge >= 0.3 is 5.97 Å². The molecular formula is C33H39NO5. The van der Waals surface area contributed by atoms with Crippen molar-refractivity contribution in [1.82, 2.24) is 0 Å². The van der Waals surface area contributed by atoms with Crippen molar-refractivity contribution in [2.24, 2.45) is 11.1 Å². The molecule has 0 aromatic heterocycles. The van der Waals surface area contributed by atoms with Gasteiger partial charge in [-0.05, 0) is 43.5 Å². The standard InChI is InChI=1S/C22H23NO5.C9H10.C2H6/c1-5-27-14(2)17-13-20(26-4)19(25-3)12-16(17)11-18-21(23-28-22(18)24)15-9-7-6-8-10-15;1-8(2)9-6-4-3-5-7-9;1-2/h6-10,12-13,18H,2,5,11H2,1,3-4H3;3-7H,1H2,2H3;1-2H3. The molecule has 1 unspecified atom stereocenters. The Kier molecular flexibility index (Phi) is 12.5. The Balaban J connectivity index is 0.000000407. The van der Waals surface area contributed by atoms with Crippen molar-refractivity contribution in [3.05, 3.63) is 108 Å². The minimum Gasteiger partial charge on any atom is -0.494 e. The number of benzene rings is 3. The fraction of sp³-hybridized carbons (Fsp3) is 0.273. The summed E-state index contributed by atoms with van der Waals surface area (Å²) in [4.78, 5) is 17.4. The maximum absolute atomic E-state index is 12.4. The predicted molar refractivity (Wildman–Crippen MR) is 159 cm³/mol. The van der Waals surface area contributed by atoms with Gasteiger partial charge in [0.25, 0.3) is 0 Å². The number of methoxy groups -OCH3 is 2. The van der Waals surface area contributed by atoms with Gasteiger partial charge in [0.1, 0.15) is 17.4 Å². The van der Waals surface area contributed by atoms with Crippen molar-refractivity contribution in [3.63, 3.8) is 0 Å². The van der Waals surface area contributed by atoms with Gasteiger partial charge in [0, 0.05) is 11.1 Å². The van der Waals surface area contributed by atoms with Crippen LogP contribution >= 0.6 is 0 Å². The lowest BCUT2D eigenvalue weighted by Gasteiger charge is -2.18. The predicted octanol–water partition coefficient (Wildman–Crippen LogP) is 7.58. The largest absolute Gasteiger partial charge is 0.494 e. The Morgan fingerprint density at radius 3 is 2.00 bits per heavy atom. The molecule has 0 aliphatic carbocycles. The van der Waals surface area contributed by atoms with E-state index in [1.54, 1.807) is 14.2 Å². The number of carbonyl (C=O) groups is 1. The van der Waals surface area contributed by atoms with Crippen LogP contribution in [0.5, 0.6) is 11.5 Å². The van der Waals surface area contributed by atoms with E-state index < -0.39 is 5.92 Å². The van der Waals surface area contributed by atoms with Crippen LogP contribution in [0.4, 0.5) is 0 Å². The highest BCUT2D eigenvalue weighted by Crippen LogP contribution is 2.36. The first-order chi connectivity index (χ1) is 18.9. The van der Waals surface area contributed by atoms with Gasteiger partial charge in [-0.2, -0.15) is 0 Å². The minimum atomic E-state index is -0.534. The lowest BCUT2D eigenvalue weighted by molar-refractivity contribution is -0.143. The fourth-order valence-electron chi connectivity index (χ4n) is 3.92.